The molecule has 0 aliphatic heterocycles. The first kappa shape index (κ1) is 20.1. The fourth-order valence-corrected chi connectivity index (χ4v) is 3.36. The molecule has 1 amide bonds. The fourth-order valence-electron chi connectivity index (χ4n) is 3.36. The molecular formula is C23H30N4O. The third-order valence-electron chi connectivity index (χ3n) is 4.99. The van der Waals surface area contributed by atoms with Crippen LogP contribution in [0.3, 0.4) is 0 Å². The first-order chi connectivity index (χ1) is 13.5. The minimum absolute atomic E-state index is 0.0218. The maximum absolute atomic E-state index is 12.3. The molecule has 5 nitrogen and oxygen atoms in total. The third kappa shape index (κ3) is 5.18. The van der Waals surface area contributed by atoms with E-state index in [2.05, 4.69) is 28.7 Å². The Kier molecular flexibility index (Phi) is 6.80. The summed E-state index contributed by atoms with van der Waals surface area (Å²) in [5.41, 5.74) is 3.00. The molecule has 148 valence electrons. The summed E-state index contributed by atoms with van der Waals surface area (Å²) >= 11 is 0. The maximum atomic E-state index is 12.3. The molecule has 1 aromatic carbocycles. The van der Waals surface area contributed by atoms with Gasteiger partial charge in [-0.2, -0.15) is 0 Å². The van der Waals surface area contributed by atoms with Gasteiger partial charge in [0.25, 0.3) is 0 Å². The number of fused-ring (bicyclic) bond motifs is 1. The van der Waals surface area contributed by atoms with Crippen LogP contribution in [0.1, 0.15) is 57.5 Å². The Morgan fingerprint density at radius 3 is 2.64 bits per heavy atom. The molecule has 5 heteroatoms. The molecule has 0 fully saturated rings. The van der Waals surface area contributed by atoms with Crippen LogP contribution in [-0.2, 0) is 17.8 Å². The topological polar surface area (TPSA) is 59.8 Å². The van der Waals surface area contributed by atoms with Crippen LogP contribution < -0.4 is 5.32 Å². The molecule has 2 heterocycles. The van der Waals surface area contributed by atoms with Crippen LogP contribution >= 0.6 is 0 Å². The van der Waals surface area contributed by atoms with Crippen molar-refractivity contribution in [1.29, 1.82) is 0 Å². The molecule has 0 aliphatic carbocycles. The van der Waals surface area contributed by atoms with Gasteiger partial charge >= 0.3 is 0 Å². The van der Waals surface area contributed by atoms with Crippen molar-refractivity contribution >= 4 is 17.1 Å². The van der Waals surface area contributed by atoms with Crippen molar-refractivity contribution in [2.75, 3.05) is 0 Å². The zero-order chi connectivity index (χ0) is 19.9. The van der Waals surface area contributed by atoms with Crippen LogP contribution in [0.5, 0.6) is 0 Å². The van der Waals surface area contributed by atoms with E-state index in [9.17, 15) is 4.79 Å². The molecule has 3 aromatic rings. The number of aromatic nitrogens is 3. The number of carbonyl (C=O) groups is 1. The molecule has 3 rings (SSSR count). The zero-order valence-electron chi connectivity index (χ0n) is 17.1. The summed E-state index contributed by atoms with van der Waals surface area (Å²) in [7, 11) is 0. The summed E-state index contributed by atoms with van der Waals surface area (Å²) in [6, 6.07) is 14.0. The van der Waals surface area contributed by atoms with E-state index < -0.39 is 0 Å². The molecule has 0 unspecified atom stereocenters. The van der Waals surface area contributed by atoms with Crippen LogP contribution in [0, 0.1) is 5.92 Å². The first-order valence-electron chi connectivity index (χ1n) is 10.2. The van der Waals surface area contributed by atoms with Crippen LogP contribution in [0.4, 0.5) is 0 Å². The van der Waals surface area contributed by atoms with E-state index in [1.807, 2.05) is 55.6 Å². The number of pyridine rings is 1. The van der Waals surface area contributed by atoms with E-state index in [0.717, 1.165) is 48.4 Å². The summed E-state index contributed by atoms with van der Waals surface area (Å²) in [6.07, 6.45) is 4.96. The number of hydrogen-bond donors (Lipinski definition) is 1. The number of nitrogens with zero attached hydrogens (tertiary/aromatic N) is 3. The fraction of sp³-hybridized carbons (Fsp3) is 0.435. The Bertz CT molecular complexity index is 901. The molecule has 0 saturated heterocycles. The lowest BCUT2D eigenvalue weighted by Crippen LogP contribution is -2.26. The third-order valence-corrected chi connectivity index (χ3v) is 4.99. The Balaban J connectivity index is 1.58. The van der Waals surface area contributed by atoms with Gasteiger partial charge in [0, 0.05) is 25.6 Å². The van der Waals surface area contributed by atoms with Gasteiger partial charge in [-0.05, 0) is 43.4 Å². The summed E-state index contributed by atoms with van der Waals surface area (Å²) in [6.45, 7) is 7.39. The van der Waals surface area contributed by atoms with Gasteiger partial charge in [-0.3, -0.25) is 4.79 Å². The minimum atomic E-state index is 0.0218. The normalized spacial score (nSPS) is 12.4. The van der Waals surface area contributed by atoms with Gasteiger partial charge in [-0.15, -0.1) is 0 Å². The SMILES string of the molecule is CC(C)CCn1c(CCCC(=O)N[C@H](C)c2ccccc2)nc2cccnc21. The van der Waals surface area contributed by atoms with Crippen LogP contribution in [0.25, 0.3) is 11.2 Å². The molecule has 1 atom stereocenters. The van der Waals surface area contributed by atoms with Gasteiger partial charge in [0.15, 0.2) is 5.65 Å². The molecule has 1 N–H and O–H groups in total. The highest BCUT2D eigenvalue weighted by atomic mass is 16.1. The second kappa shape index (κ2) is 9.49. The highest BCUT2D eigenvalue weighted by Crippen LogP contribution is 2.18. The number of rotatable bonds is 9. The molecule has 2 aromatic heterocycles. The van der Waals surface area contributed by atoms with Crippen molar-refractivity contribution in [3.8, 4) is 0 Å². The van der Waals surface area contributed by atoms with Gasteiger partial charge in [0.05, 0.1) is 6.04 Å². The molecule has 0 saturated carbocycles. The second-order valence-electron chi connectivity index (χ2n) is 7.76. The number of amides is 1. The van der Waals surface area contributed by atoms with Gasteiger partial charge < -0.3 is 9.88 Å². The van der Waals surface area contributed by atoms with Gasteiger partial charge in [0.1, 0.15) is 11.3 Å². The van der Waals surface area contributed by atoms with Crippen molar-refractivity contribution in [2.45, 2.75) is 59.0 Å². The maximum Gasteiger partial charge on any atom is 0.220 e. The average molecular weight is 379 g/mol. The summed E-state index contributed by atoms with van der Waals surface area (Å²) in [5.74, 6) is 1.73. The molecule has 0 spiro atoms. The second-order valence-corrected chi connectivity index (χ2v) is 7.76. The largest absolute Gasteiger partial charge is 0.350 e. The minimum Gasteiger partial charge on any atom is -0.350 e. The molecule has 0 bridgehead atoms. The molecule has 0 aliphatic rings. The highest BCUT2D eigenvalue weighted by Gasteiger charge is 2.13. The van der Waals surface area contributed by atoms with Crippen LogP contribution in [-0.4, -0.2) is 20.4 Å². The number of hydrogen-bond acceptors (Lipinski definition) is 3. The lowest BCUT2D eigenvalue weighted by Gasteiger charge is -2.14. The average Bonchev–Trinajstić information content (AvgIpc) is 3.04. The summed E-state index contributed by atoms with van der Waals surface area (Å²) in [5, 5.41) is 3.09. The Morgan fingerprint density at radius 1 is 1.11 bits per heavy atom. The van der Waals surface area contributed by atoms with Gasteiger partial charge in [-0.1, -0.05) is 44.2 Å². The summed E-state index contributed by atoms with van der Waals surface area (Å²) in [4.78, 5) is 21.6. The predicted molar refractivity (Wildman–Crippen MR) is 113 cm³/mol. The van der Waals surface area contributed by atoms with Crippen molar-refractivity contribution < 1.29 is 4.79 Å². The summed E-state index contributed by atoms with van der Waals surface area (Å²) < 4.78 is 2.22. The van der Waals surface area contributed by atoms with E-state index in [-0.39, 0.29) is 11.9 Å². The number of carbonyl (C=O) groups excluding carboxylic acids is 1. The van der Waals surface area contributed by atoms with E-state index >= 15 is 0 Å². The number of imidazole rings is 1. The lowest BCUT2D eigenvalue weighted by atomic mass is 10.1. The first-order valence-corrected chi connectivity index (χ1v) is 10.2. The molecule has 0 radical (unpaired) electrons. The molecular weight excluding hydrogens is 348 g/mol. The Morgan fingerprint density at radius 2 is 1.89 bits per heavy atom. The smallest absolute Gasteiger partial charge is 0.220 e. The molecule has 28 heavy (non-hydrogen) atoms. The number of nitrogens with one attached hydrogen (secondary N) is 1. The predicted octanol–water partition coefficient (Wildman–Crippen LogP) is 4.68. The monoisotopic (exact) mass is 378 g/mol. The van der Waals surface area contributed by atoms with Crippen LogP contribution in [0.15, 0.2) is 48.7 Å². The Labute approximate surface area is 167 Å². The lowest BCUT2D eigenvalue weighted by molar-refractivity contribution is -0.121. The van der Waals surface area contributed by atoms with Crippen molar-refractivity contribution in [2.24, 2.45) is 5.92 Å². The van der Waals surface area contributed by atoms with E-state index in [0.29, 0.717) is 12.3 Å². The zero-order valence-corrected chi connectivity index (χ0v) is 17.1. The van der Waals surface area contributed by atoms with Gasteiger partial charge in [-0.25, -0.2) is 9.97 Å². The van der Waals surface area contributed by atoms with Crippen molar-refractivity contribution in [1.82, 2.24) is 19.9 Å². The van der Waals surface area contributed by atoms with E-state index in [1.165, 1.54) is 0 Å². The number of benzene rings is 1. The Hall–Kier alpha value is -2.69. The van der Waals surface area contributed by atoms with Crippen LogP contribution in [0.2, 0.25) is 0 Å². The van der Waals surface area contributed by atoms with Gasteiger partial charge in [0.2, 0.25) is 5.91 Å². The highest BCUT2D eigenvalue weighted by molar-refractivity contribution is 5.76. The van der Waals surface area contributed by atoms with E-state index in [1.54, 1.807) is 0 Å². The van der Waals surface area contributed by atoms with Crippen molar-refractivity contribution in [3.05, 3.63) is 60.0 Å². The van der Waals surface area contributed by atoms with Crippen molar-refractivity contribution in [3.63, 3.8) is 0 Å². The quantitative estimate of drug-likeness (QED) is 0.588. The van der Waals surface area contributed by atoms with E-state index in [4.69, 9.17) is 4.98 Å². The standard InChI is InChI=1S/C23H30N4O/c1-17(2)14-16-27-21(26-20-11-8-15-24-23(20)27)12-7-13-22(28)25-18(3)19-9-5-4-6-10-19/h4-6,8-11,15,17-18H,7,12-14,16H2,1-3H3,(H,25,28)/t18-/m1/s1. The number of aryl methyl sites for hydroxylation is 2.